The van der Waals surface area contributed by atoms with E-state index >= 15 is 0 Å². The van der Waals surface area contributed by atoms with E-state index in [9.17, 15) is 0 Å². The van der Waals surface area contributed by atoms with Crippen molar-refractivity contribution in [2.24, 2.45) is 5.90 Å². The molecule has 5 heteroatoms. The Morgan fingerprint density at radius 3 is 2.56 bits per heavy atom. The first-order chi connectivity index (χ1) is 8.86. The molecule has 2 N–H and O–H groups in total. The third kappa shape index (κ3) is 1.62. The van der Waals surface area contributed by atoms with Crippen LogP contribution in [0.25, 0.3) is 0 Å². The molecule has 0 aliphatic carbocycles. The fourth-order valence-electron chi connectivity index (χ4n) is 2.80. The SMILES string of the molecule is COc1c2c(c(CCON)c3c1OCC3)OCC2. The van der Waals surface area contributed by atoms with Gasteiger partial charge in [0.1, 0.15) is 5.75 Å². The van der Waals surface area contributed by atoms with Gasteiger partial charge in [0.15, 0.2) is 11.5 Å². The van der Waals surface area contributed by atoms with E-state index in [0.717, 1.165) is 42.1 Å². The zero-order chi connectivity index (χ0) is 12.5. The summed E-state index contributed by atoms with van der Waals surface area (Å²) in [6, 6.07) is 0. The van der Waals surface area contributed by atoms with E-state index in [0.29, 0.717) is 19.8 Å². The Labute approximate surface area is 106 Å². The van der Waals surface area contributed by atoms with Crippen LogP contribution in [0, 0.1) is 0 Å². The van der Waals surface area contributed by atoms with Gasteiger partial charge in [-0.1, -0.05) is 0 Å². The summed E-state index contributed by atoms with van der Waals surface area (Å²) >= 11 is 0. The van der Waals surface area contributed by atoms with Gasteiger partial charge < -0.3 is 19.0 Å². The molecule has 0 atom stereocenters. The summed E-state index contributed by atoms with van der Waals surface area (Å²) in [6.45, 7) is 1.88. The summed E-state index contributed by atoms with van der Waals surface area (Å²) in [7, 11) is 1.68. The minimum Gasteiger partial charge on any atom is -0.493 e. The number of benzene rings is 1. The largest absolute Gasteiger partial charge is 0.493 e. The highest BCUT2D eigenvalue weighted by Gasteiger charge is 2.31. The summed E-state index contributed by atoms with van der Waals surface area (Å²) in [5.74, 6) is 7.80. The highest BCUT2D eigenvalue weighted by Crippen LogP contribution is 2.49. The van der Waals surface area contributed by atoms with Crippen LogP contribution in [-0.4, -0.2) is 26.9 Å². The lowest BCUT2D eigenvalue weighted by Crippen LogP contribution is -2.07. The average molecular weight is 251 g/mol. The van der Waals surface area contributed by atoms with Crippen LogP contribution in [0.15, 0.2) is 0 Å². The van der Waals surface area contributed by atoms with Crippen LogP contribution in [0.1, 0.15) is 16.7 Å². The molecule has 18 heavy (non-hydrogen) atoms. The van der Waals surface area contributed by atoms with Crippen LogP contribution in [0.5, 0.6) is 17.2 Å². The van der Waals surface area contributed by atoms with Gasteiger partial charge in [-0.05, 0) is 0 Å². The maximum atomic E-state index is 5.76. The zero-order valence-electron chi connectivity index (χ0n) is 10.5. The second-order valence-electron chi connectivity index (χ2n) is 4.44. The van der Waals surface area contributed by atoms with Crippen molar-refractivity contribution in [1.29, 1.82) is 0 Å². The van der Waals surface area contributed by atoms with Gasteiger partial charge in [0.05, 0.1) is 26.9 Å². The summed E-state index contributed by atoms with van der Waals surface area (Å²) in [5.41, 5.74) is 3.47. The molecule has 98 valence electrons. The van der Waals surface area contributed by atoms with Gasteiger partial charge in [-0.15, -0.1) is 0 Å². The van der Waals surface area contributed by atoms with E-state index in [4.69, 9.17) is 24.9 Å². The summed E-state index contributed by atoms with van der Waals surface area (Å²) in [4.78, 5) is 4.69. The Kier molecular flexibility index (Phi) is 3.01. The third-order valence-electron chi connectivity index (χ3n) is 3.54. The predicted molar refractivity (Wildman–Crippen MR) is 65.2 cm³/mol. The van der Waals surface area contributed by atoms with Crippen LogP contribution in [0.4, 0.5) is 0 Å². The molecule has 1 aromatic rings. The van der Waals surface area contributed by atoms with Crippen molar-refractivity contribution in [2.45, 2.75) is 19.3 Å². The number of ether oxygens (including phenoxy) is 3. The first-order valence-electron chi connectivity index (χ1n) is 6.18. The number of nitrogens with two attached hydrogens (primary N) is 1. The van der Waals surface area contributed by atoms with E-state index < -0.39 is 0 Å². The molecule has 0 spiro atoms. The number of fused-ring (bicyclic) bond motifs is 2. The lowest BCUT2D eigenvalue weighted by Gasteiger charge is -2.16. The van der Waals surface area contributed by atoms with Gasteiger partial charge in [0.2, 0.25) is 0 Å². The molecule has 2 aliphatic rings. The van der Waals surface area contributed by atoms with E-state index in [1.165, 1.54) is 11.1 Å². The second kappa shape index (κ2) is 4.66. The first-order valence-corrected chi connectivity index (χ1v) is 6.18. The normalized spacial score (nSPS) is 15.9. The summed E-state index contributed by atoms with van der Waals surface area (Å²) in [6.07, 6.45) is 2.50. The monoisotopic (exact) mass is 251 g/mol. The molecule has 3 rings (SSSR count). The van der Waals surface area contributed by atoms with Crippen molar-refractivity contribution in [1.82, 2.24) is 0 Å². The molecule has 0 unspecified atom stereocenters. The van der Waals surface area contributed by atoms with E-state index in [1.54, 1.807) is 7.11 Å². The molecule has 0 bridgehead atoms. The van der Waals surface area contributed by atoms with Crippen LogP contribution in [0.2, 0.25) is 0 Å². The highest BCUT2D eigenvalue weighted by atomic mass is 16.6. The maximum absolute atomic E-state index is 5.76. The fourth-order valence-corrected chi connectivity index (χ4v) is 2.80. The third-order valence-corrected chi connectivity index (χ3v) is 3.54. The van der Waals surface area contributed by atoms with Gasteiger partial charge in [-0.2, -0.15) is 0 Å². The second-order valence-corrected chi connectivity index (χ2v) is 4.44. The van der Waals surface area contributed by atoms with Crippen molar-refractivity contribution in [3.63, 3.8) is 0 Å². The van der Waals surface area contributed by atoms with Crippen molar-refractivity contribution in [3.8, 4) is 17.2 Å². The van der Waals surface area contributed by atoms with E-state index in [1.807, 2.05) is 0 Å². The molecular formula is C13H17NO4. The van der Waals surface area contributed by atoms with Crippen molar-refractivity contribution in [2.75, 3.05) is 26.9 Å². The number of methoxy groups -OCH3 is 1. The maximum Gasteiger partial charge on any atom is 0.168 e. The van der Waals surface area contributed by atoms with Gasteiger partial charge >= 0.3 is 0 Å². The first kappa shape index (κ1) is 11.6. The Morgan fingerprint density at radius 1 is 1.11 bits per heavy atom. The lowest BCUT2D eigenvalue weighted by molar-refractivity contribution is 0.140. The molecule has 0 saturated carbocycles. The summed E-state index contributed by atoms with van der Waals surface area (Å²) < 4.78 is 17.0. The number of rotatable bonds is 4. The Bertz CT molecular complexity index is 438. The van der Waals surface area contributed by atoms with Crippen LogP contribution in [-0.2, 0) is 24.1 Å². The van der Waals surface area contributed by atoms with E-state index in [-0.39, 0.29) is 0 Å². The number of hydrogen-bond donors (Lipinski definition) is 1. The zero-order valence-corrected chi connectivity index (χ0v) is 10.5. The Hall–Kier alpha value is -1.46. The topological polar surface area (TPSA) is 62.9 Å². The molecule has 0 saturated heterocycles. The van der Waals surface area contributed by atoms with Crippen LogP contribution < -0.4 is 20.1 Å². The molecule has 2 aliphatic heterocycles. The van der Waals surface area contributed by atoms with Gasteiger partial charge in [-0.25, -0.2) is 5.90 Å². The molecule has 2 heterocycles. The van der Waals surface area contributed by atoms with Gasteiger partial charge in [0, 0.05) is 36.0 Å². The standard InChI is InChI=1S/C13H17NO4/c1-15-12-10-3-6-16-11(10)8(4-7-18-14)9-2-5-17-13(9)12/h2-7,14H2,1H3. The molecule has 0 aromatic heterocycles. The number of hydrogen-bond acceptors (Lipinski definition) is 5. The minimum absolute atomic E-state index is 0.481. The molecule has 0 fully saturated rings. The smallest absolute Gasteiger partial charge is 0.168 e. The van der Waals surface area contributed by atoms with E-state index in [2.05, 4.69) is 0 Å². The molecule has 5 nitrogen and oxygen atoms in total. The van der Waals surface area contributed by atoms with Gasteiger partial charge in [0.25, 0.3) is 0 Å². The predicted octanol–water partition coefficient (Wildman–Crippen LogP) is 0.998. The Balaban J connectivity index is 2.13. The average Bonchev–Trinajstić information content (AvgIpc) is 3.02. The lowest BCUT2D eigenvalue weighted by atomic mass is 9.96. The van der Waals surface area contributed by atoms with Crippen LogP contribution >= 0.6 is 0 Å². The fraction of sp³-hybridized carbons (Fsp3) is 0.538. The van der Waals surface area contributed by atoms with Crippen molar-refractivity contribution < 1.29 is 19.0 Å². The minimum atomic E-state index is 0.481. The molecular weight excluding hydrogens is 234 g/mol. The van der Waals surface area contributed by atoms with Crippen LogP contribution in [0.3, 0.4) is 0 Å². The molecule has 0 radical (unpaired) electrons. The molecule has 1 aromatic carbocycles. The quantitative estimate of drug-likeness (QED) is 0.809. The highest BCUT2D eigenvalue weighted by molar-refractivity contribution is 5.65. The molecule has 0 amide bonds. The Morgan fingerprint density at radius 2 is 1.83 bits per heavy atom. The summed E-state index contributed by atoms with van der Waals surface area (Å²) in [5, 5.41) is 0. The van der Waals surface area contributed by atoms with Crippen molar-refractivity contribution >= 4 is 0 Å². The van der Waals surface area contributed by atoms with Gasteiger partial charge in [-0.3, -0.25) is 0 Å². The van der Waals surface area contributed by atoms with Crippen molar-refractivity contribution in [3.05, 3.63) is 16.7 Å².